The number of anilines is 1. The first-order chi connectivity index (χ1) is 9.76. The van der Waals surface area contributed by atoms with E-state index in [0.29, 0.717) is 0 Å². The van der Waals surface area contributed by atoms with Crippen LogP contribution in [0.4, 0.5) is 23.4 Å². The number of hydrogen-bond acceptors (Lipinski definition) is 4. The van der Waals surface area contributed by atoms with Gasteiger partial charge in [-0.1, -0.05) is 0 Å². The number of carboxylic acids is 1. The zero-order chi connectivity index (χ0) is 15.6. The lowest BCUT2D eigenvalue weighted by molar-refractivity contribution is -0.146. The normalized spacial score (nSPS) is 17.0. The van der Waals surface area contributed by atoms with E-state index in [0.717, 1.165) is 12.3 Å². The summed E-state index contributed by atoms with van der Waals surface area (Å²) in [6.45, 7) is -0.317. The van der Waals surface area contributed by atoms with Crippen LogP contribution in [0.5, 0.6) is 0 Å². The molecule has 0 amide bonds. The molecule has 0 aliphatic carbocycles. The van der Waals surface area contributed by atoms with Crippen molar-refractivity contribution in [2.24, 2.45) is 0 Å². The van der Waals surface area contributed by atoms with Crippen LogP contribution in [0, 0.1) is 5.82 Å². The maximum Gasteiger partial charge on any atom is 0.401 e. The molecule has 1 fully saturated rings. The molecule has 0 bridgehead atoms. The lowest BCUT2D eigenvalue weighted by Gasteiger charge is -2.36. The van der Waals surface area contributed by atoms with Gasteiger partial charge in [0.2, 0.25) is 0 Å². The highest BCUT2D eigenvalue weighted by Crippen LogP contribution is 2.22. The van der Waals surface area contributed by atoms with Crippen LogP contribution in [0.1, 0.15) is 10.4 Å². The number of nitrogens with zero attached hydrogens (tertiary/aromatic N) is 3. The van der Waals surface area contributed by atoms with Crippen molar-refractivity contribution in [1.29, 1.82) is 0 Å². The second-order valence-electron chi connectivity index (χ2n) is 4.71. The number of aromatic carboxylic acids is 1. The molecule has 1 aromatic rings. The fourth-order valence-corrected chi connectivity index (χ4v) is 2.21. The van der Waals surface area contributed by atoms with Crippen LogP contribution in [-0.2, 0) is 0 Å². The lowest BCUT2D eigenvalue weighted by atomic mass is 10.2. The summed E-state index contributed by atoms with van der Waals surface area (Å²) in [6, 6.07) is 0.854. The van der Waals surface area contributed by atoms with Gasteiger partial charge in [0.1, 0.15) is 17.2 Å². The summed E-state index contributed by atoms with van der Waals surface area (Å²) in [5.41, 5.74) is -0.292. The molecular formula is C12H13F4N3O2. The first-order valence-corrected chi connectivity index (χ1v) is 6.19. The van der Waals surface area contributed by atoms with E-state index in [4.69, 9.17) is 5.11 Å². The highest BCUT2D eigenvalue weighted by molar-refractivity contribution is 5.93. The molecule has 21 heavy (non-hydrogen) atoms. The van der Waals surface area contributed by atoms with Crippen molar-refractivity contribution in [3.05, 3.63) is 23.6 Å². The second kappa shape index (κ2) is 5.84. The minimum atomic E-state index is -4.26. The third-order valence-electron chi connectivity index (χ3n) is 3.14. The number of carboxylic acid groups (broad SMARTS) is 1. The summed E-state index contributed by atoms with van der Waals surface area (Å²) in [4.78, 5) is 17.6. The van der Waals surface area contributed by atoms with Gasteiger partial charge in [0.05, 0.1) is 12.7 Å². The summed E-state index contributed by atoms with van der Waals surface area (Å²) in [7, 11) is 0. The molecule has 1 aliphatic rings. The Morgan fingerprint density at radius 2 is 1.90 bits per heavy atom. The zero-order valence-electron chi connectivity index (χ0n) is 10.9. The Kier molecular flexibility index (Phi) is 4.31. The molecule has 9 heteroatoms. The van der Waals surface area contributed by atoms with Crippen molar-refractivity contribution in [3.8, 4) is 0 Å². The quantitative estimate of drug-likeness (QED) is 0.860. The summed E-state index contributed by atoms with van der Waals surface area (Å²) >= 11 is 0. The third kappa shape index (κ3) is 4.03. The Labute approximate surface area is 117 Å². The van der Waals surface area contributed by atoms with Crippen LogP contribution in [0.2, 0.25) is 0 Å². The summed E-state index contributed by atoms with van der Waals surface area (Å²) in [5, 5.41) is 9.03. The number of halogens is 4. The average molecular weight is 307 g/mol. The monoisotopic (exact) mass is 307 g/mol. The number of pyridine rings is 1. The Morgan fingerprint density at radius 3 is 2.43 bits per heavy atom. The smallest absolute Gasteiger partial charge is 0.401 e. The Balaban J connectivity index is 2.07. The van der Waals surface area contributed by atoms with E-state index in [9.17, 15) is 22.4 Å². The number of alkyl halides is 3. The van der Waals surface area contributed by atoms with Crippen LogP contribution in [0.15, 0.2) is 12.3 Å². The summed E-state index contributed by atoms with van der Waals surface area (Å²) < 4.78 is 49.9. The molecule has 116 valence electrons. The van der Waals surface area contributed by atoms with Gasteiger partial charge in [0.15, 0.2) is 0 Å². The van der Waals surface area contributed by atoms with Gasteiger partial charge < -0.3 is 10.0 Å². The molecule has 2 heterocycles. The highest BCUT2D eigenvalue weighted by atomic mass is 19.4. The van der Waals surface area contributed by atoms with Gasteiger partial charge in [0.25, 0.3) is 0 Å². The van der Waals surface area contributed by atoms with E-state index in [-0.39, 0.29) is 37.6 Å². The Morgan fingerprint density at radius 1 is 1.29 bits per heavy atom. The number of piperazine rings is 1. The van der Waals surface area contributed by atoms with Crippen molar-refractivity contribution in [2.75, 3.05) is 37.6 Å². The van der Waals surface area contributed by atoms with Gasteiger partial charge >= 0.3 is 12.1 Å². The topological polar surface area (TPSA) is 56.7 Å². The van der Waals surface area contributed by atoms with E-state index in [1.807, 2.05) is 0 Å². The molecule has 0 saturated carbocycles. The molecule has 1 N–H and O–H groups in total. The van der Waals surface area contributed by atoms with Crippen LogP contribution in [0.25, 0.3) is 0 Å². The highest BCUT2D eigenvalue weighted by Gasteiger charge is 2.32. The first kappa shape index (κ1) is 15.5. The van der Waals surface area contributed by atoms with Gasteiger partial charge in [-0.25, -0.2) is 14.2 Å². The van der Waals surface area contributed by atoms with Crippen molar-refractivity contribution >= 4 is 11.8 Å². The molecule has 0 radical (unpaired) electrons. The summed E-state index contributed by atoms with van der Waals surface area (Å²) in [6.07, 6.45) is -3.37. The third-order valence-corrected chi connectivity index (χ3v) is 3.14. The van der Waals surface area contributed by atoms with E-state index < -0.39 is 24.5 Å². The van der Waals surface area contributed by atoms with E-state index in [2.05, 4.69) is 4.98 Å². The van der Waals surface area contributed by atoms with Gasteiger partial charge in [-0.2, -0.15) is 13.2 Å². The molecular weight excluding hydrogens is 294 g/mol. The molecule has 1 aliphatic heterocycles. The molecule has 2 rings (SSSR count). The van der Waals surface area contributed by atoms with Crippen LogP contribution in [-0.4, -0.2) is 59.9 Å². The standard InChI is InChI=1S/C12H13F4N3O2/c13-8-5-9(11(20)21)10(17-6-8)19-3-1-18(2-4-19)7-12(14,15)16/h5-6H,1-4,7H2,(H,20,21). The SMILES string of the molecule is O=C(O)c1cc(F)cnc1N1CCN(CC(F)(F)F)CC1. The molecule has 0 atom stereocenters. The maximum absolute atomic E-state index is 13.0. The van der Waals surface area contributed by atoms with Crippen LogP contribution < -0.4 is 4.90 Å². The number of hydrogen-bond donors (Lipinski definition) is 1. The zero-order valence-corrected chi connectivity index (χ0v) is 10.9. The van der Waals surface area contributed by atoms with Crippen molar-refractivity contribution < 1.29 is 27.5 Å². The van der Waals surface area contributed by atoms with E-state index in [1.54, 1.807) is 4.90 Å². The molecule has 5 nitrogen and oxygen atoms in total. The van der Waals surface area contributed by atoms with Crippen molar-refractivity contribution in [3.63, 3.8) is 0 Å². The molecule has 0 unspecified atom stereocenters. The van der Waals surface area contributed by atoms with E-state index >= 15 is 0 Å². The van der Waals surface area contributed by atoms with Crippen molar-refractivity contribution in [2.45, 2.75) is 6.18 Å². The molecule has 0 spiro atoms. The van der Waals surface area contributed by atoms with E-state index in [1.165, 1.54) is 4.90 Å². The Bertz CT molecular complexity index is 528. The minimum Gasteiger partial charge on any atom is -0.478 e. The van der Waals surface area contributed by atoms with Gasteiger partial charge in [-0.15, -0.1) is 0 Å². The fourth-order valence-electron chi connectivity index (χ4n) is 2.21. The number of carbonyl (C=O) groups is 1. The minimum absolute atomic E-state index is 0.0792. The number of aromatic nitrogens is 1. The predicted molar refractivity (Wildman–Crippen MR) is 65.9 cm³/mol. The van der Waals surface area contributed by atoms with Gasteiger partial charge in [-0.05, 0) is 6.07 Å². The fraction of sp³-hybridized carbons (Fsp3) is 0.500. The largest absolute Gasteiger partial charge is 0.478 e. The summed E-state index contributed by atoms with van der Waals surface area (Å²) in [5.74, 6) is -2.02. The lowest BCUT2D eigenvalue weighted by Crippen LogP contribution is -2.49. The van der Waals surface area contributed by atoms with Gasteiger partial charge in [0, 0.05) is 26.2 Å². The predicted octanol–water partition coefficient (Wildman–Crippen LogP) is 1.60. The second-order valence-corrected chi connectivity index (χ2v) is 4.71. The molecule has 1 saturated heterocycles. The first-order valence-electron chi connectivity index (χ1n) is 6.19. The maximum atomic E-state index is 13.0. The van der Waals surface area contributed by atoms with Crippen LogP contribution >= 0.6 is 0 Å². The Hall–Kier alpha value is -1.90. The number of rotatable bonds is 3. The molecule has 0 aromatic carbocycles. The molecule has 1 aromatic heterocycles. The van der Waals surface area contributed by atoms with Gasteiger partial charge in [-0.3, -0.25) is 4.90 Å². The van der Waals surface area contributed by atoms with Crippen LogP contribution in [0.3, 0.4) is 0 Å². The van der Waals surface area contributed by atoms with Crippen molar-refractivity contribution in [1.82, 2.24) is 9.88 Å². The average Bonchev–Trinajstić information content (AvgIpc) is 2.38.